The van der Waals surface area contributed by atoms with Crippen molar-refractivity contribution in [2.24, 2.45) is 0 Å². The SMILES string of the molecule is C=C1C2=C(C(=O)N1C)N(CC(=O)Nc1ccc(-c3cccc(OC)c3)nn1)CCC2. The number of anilines is 1. The van der Waals surface area contributed by atoms with Crippen molar-refractivity contribution in [2.75, 3.05) is 32.6 Å². The third kappa shape index (κ3) is 3.63. The summed E-state index contributed by atoms with van der Waals surface area (Å²) < 4.78 is 5.23. The summed E-state index contributed by atoms with van der Waals surface area (Å²) in [5, 5.41) is 11.1. The van der Waals surface area contributed by atoms with Crippen LogP contribution in [0.5, 0.6) is 5.75 Å². The van der Waals surface area contributed by atoms with E-state index in [-0.39, 0.29) is 18.4 Å². The zero-order valence-corrected chi connectivity index (χ0v) is 17.0. The van der Waals surface area contributed by atoms with E-state index < -0.39 is 0 Å². The summed E-state index contributed by atoms with van der Waals surface area (Å²) in [6.45, 7) is 4.72. The first-order chi connectivity index (χ1) is 14.5. The minimum absolute atomic E-state index is 0.0744. The Morgan fingerprint density at radius 1 is 1.27 bits per heavy atom. The van der Waals surface area contributed by atoms with E-state index in [0.717, 1.165) is 35.4 Å². The van der Waals surface area contributed by atoms with Crippen LogP contribution in [0.3, 0.4) is 0 Å². The van der Waals surface area contributed by atoms with Gasteiger partial charge in [0.2, 0.25) is 5.91 Å². The van der Waals surface area contributed by atoms with E-state index in [1.165, 1.54) is 0 Å². The maximum Gasteiger partial charge on any atom is 0.274 e. The molecule has 0 saturated heterocycles. The van der Waals surface area contributed by atoms with E-state index in [0.29, 0.717) is 23.8 Å². The molecule has 2 amide bonds. The van der Waals surface area contributed by atoms with Gasteiger partial charge in [0.25, 0.3) is 5.91 Å². The molecule has 8 nitrogen and oxygen atoms in total. The first kappa shape index (κ1) is 19.6. The Labute approximate surface area is 174 Å². The maximum absolute atomic E-state index is 12.6. The number of carbonyl (C=O) groups excluding carboxylic acids is 2. The minimum Gasteiger partial charge on any atom is -0.497 e. The topological polar surface area (TPSA) is 87.7 Å². The predicted octanol–water partition coefficient (Wildman–Crippen LogP) is 2.43. The van der Waals surface area contributed by atoms with Crippen molar-refractivity contribution in [3.63, 3.8) is 0 Å². The molecule has 0 radical (unpaired) electrons. The first-order valence-corrected chi connectivity index (χ1v) is 9.71. The number of aromatic nitrogens is 2. The van der Waals surface area contributed by atoms with Crippen LogP contribution >= 0.6 is 0 Å². The number of rotatable bonds is 5. The van der Waals surface area contributed by atoms with Crippen molar-refractivity contribution in [1.29, 1.82) is 0 Å². The van der Waals surface area contributed by atoms with E-state index in [1.54, 1.807) is 31.2 Å². The fourth-order valence-electron chi connectivity index (χ4n) is 3.75. The molecule has 0 fully saturated rings. The summed E-state index contributed by atoms with van der Waals surface area (Å²) >= 11 is 0. The van der Waals surface area contributed by atoms with Crippen LogP contribution in [0.15, 0.2) is 59.9 Å². The van der Waals surface area contributed by atoms with Crippen molar-refractivity contribution in [3.8, 4) is 17.0 Å². The zero-order valence-electron chi connectivity index (χ0n) is 17.0. The molecule has 2 aliphatic heterocycles. The van der Waals surface area contributed by atoms with Gasteiger partial charge in [-0.15, -0.1) is 10.2 Å². The minimum atomic E-state index is -0.250. The molecule has 154 valence electrons. The van der Waals surface area contributed by atoms with Gasteiger partial charge in [-0.1, -0.05) is 18.7 Å². The highest BCUT2D eigenvalue weighted by Crippen LogP contribution is 2.35. The smallest absolute Gasteiger partial charge is 0.274 e. The number of nitrogens with one attached hydrogen (secondary N) is 1. The maximum atomic E-state index is 12.6. The summed E-state index contributed by atoms with van der Waals surface area (Å²) in [7, 11) is 3.32. The van der Waals surface area contributed by atoms with Crippen LogP contribution in [-0.2, 0) is 9.59 Å². The van der Waals surface area contributed by atoms with Crippen LogP contribution in [0, 0.1) is 0 Å². The van der Waals surface area contributed by atoms with Gasteiger partial charge in [0, 0.05) is 30.4 Å². The highest BCUT2D eigenvalue weighted by atomic mass is 16.5. The van der Waals surface area contributed by atoms with Crippen LogP contribution in [0.4, 0.5) is 5.82 Å². The van der Waals surface area contributed by atoms with E-state index in [2.05, 4.69) is 22.1 Å². The monoisotopic (exact) mass is 405 g/mol. The van der Waals surface area contributed by atoms with Crippen molar-refractivity contribution in [3.05, 3.63) is 59.9 Å². The lowest BCUT2D eigenvalue weighted by Gasteiger charge is -2.28. The molecule has 2 aliphatic rings. The fraction of sp³-hybridized carbons (Fsp3) is 0.273. The van der Waals surface area contributed by atoms with E-state index in [4.69, 9.17) is 4.74 Å². The third-order valence-electron chi connectivity index (χ3n) is 5.35. The molecule has 2 aromatic rings. The van der Waals surface area contributed by atoms with Gasteiger partial charge in [-0.05, 0) is 37.1 Å². The number of likely N-dealkylation sites (N-methyl/N-ethyl adjacent to an activating group) is 1. The predicted molar refractivity (Wildman–Crippen MR) is 112 cm³/mol. The summed E-state index contributed by atoms with van der Waals surface area (Å²) in [6, 6.07) is 11.0. The third-order valence-corrected chi connectivity index (χ3v) is 5.35. The van der Waals surface area contributed by atoms with Crippen LogP contribution in [0.1, 0.15) is 12.8 Å². The Morgan fingerprint density at radius 2 is 2.10 bits per heavy atom. The number of carbonyl (C=O) groups is 2. The van der Waals surface area contributed by atoms with Crippen LogP contribution in [0.2, 0.25) is 0 Å². The van der Waals surface area contributed by atoms with Crippen molar-refractivity contribution >= 4 is 17.6 Å². The number of hydrogen-bond donors (Lipinski definition) is 1. The Bertz CT molecular complexity index is 1040. The van der Waals surface area contributed by atoms with Gasteiger partial charge in [-0.2, -0.15) is 0 Å². The quantitative estimate of drug-likeness (QED) is 0.822. The number of allylic oxidation sites excluding steroid dienone is 1. The normalized spacial score (nSPS) is 16.1. The summed E-state index contributed by atoms with van der Waals surface area (Å²) in [6.07, 6.45) is 1.68. The van der Waals surface area contributed by atoms with Gasteiger partial charge < -0.3 is 19.9 Å². The molecule has 0 unspecified atom stereocenters. The lowest BCUT2D eigenvalue weighted by atomic mass is 10.0. The van der Waals surface area contributed by atoms with Crippen molar-refractivity contribution < 1.29 is 14.3 Å². The molecule has 1 aromatic carbocycles. The second kappa shape index (κ2) is 7.98. The summed E-state index contributed by atoms with van der Waals surface area (Å²) in [5.41, 5.74) is 3.79. The molecule has 0 spiro atoms. The number of ether oxygens (including phenoxy) is 1. The molecule has 1 N–H and O–H groups in total. The van der Waals surface area contributed by atoms with Gasteiger partial charge in [0.1, 0.15) is 11.4 Å². The van der Waals surface area contributed by atoms with Gasteiger partial charge in [-0.25, -0.2) is 0 Å². The lowest BCUT2D eigenvalue weighted by Crippen LogP contribution is -2.38. The summed E-state index contributed by atoms with van der Waals surface area (Å²) in [4.78, 5) is 28.5. The van der Waals surface area contributed by atoms with Crippen molar-refractivity contribution in [2.45, 2.75) is 12.8 Å². The Kier molecular flexibility index (Phi) is 5.22. The van der Waals surface area contributed by atoms with Gasteiger partial charge in [0.15, 0.2) is 5.82 Å². The van der Waals surface area contributed by atoms with E-state index >= 15 is 0 Å². The van der Waals surface area contributed by atoms with E-state index in [1.807, 2.05) is 29.2 Å². The van der Waals surface area contributed by atoms with Gasteiger partial charge in [-0.3, -0.25) is 9.59 Å². The Hall–Kier alpha value is -3.68. The molecular formula is C22H23N5O3. The standard InChI is InChI=1S/C22H23N5O3/c1-14-17-8-5-11-27(21(17)22(29)26(14)2)13-20(28)23-19-10-9-18(24-25-19)15-6-4-7-16(12-15)30-3/h4,6-7,9-10,12H,1,5,8,11,13H2,2-3H3,(H,23,25,28). The highest BCUT2D eigenvalue weighted by molar-refractivity contribution is 6.01. The largest absolute Gasteiger partial charge is 0.497 e. The van der Waals surface area contributed by atoms with Crippen LogP contribution in [-0.4, -0.2) is 59.1 Å². The molecular weight excluding hydrogens is 382 g/mol. The van der Waals surface area contributed by atoms with Crippen molar-refractivity contribution in [1.82, 2.24) is 20.0 Å². The molecule has 0 aliphatic carbocycles. The Balaban J connectivity index is 1.43. The fourth-order valence-corrected chi connectivity index (χ4v) is 3.75. The first-order valence-electron chi connectivity index (χ1n) is 9.71. The lowest BCUT2D eigenvalue weighted by molar-refractivity contribution is -0.125. The summed E-state index contributed by atoms with van der Waals surface area (Å²) in [5.74, 6) is 0.735. The van der Waals surface area contributed by atoms with Crippen LogP contribution < -0.4 is 10.1 Å². The molecule has 30 heavy (non-hydrogen) atoms. The van der Waals surface area contributed by atoms with Crippen LogP contribution in [0.25, 0.3) is 11.3 Å². The molecule has 1 aromatic heterocycles. The second-order valence-electron chi connectivity index (χ2n) is 7.25. The average molecular weight is 405 g/mol. The number of hydrogen-bond acceptors (Lipinski definition) is 6. The average Bonchev–Trinajstić information content (AvgIpc) is 2.99. The number of methoxy groups -OCH3 is 1. The molecule has 3 heterocycles. The molecule has 4 rings (SSSR count). The highest BCUT2D eigenvalue weighted by Gasteiger charge is 2.37. The van der Waals surface area contributed by atoms with E-state index in [9.17, 15) is 9.59 Å². The second-order valence-corrected chi connectivity index (χ2v) is 7.25. The molecule has 0 bridgehead atoms. The van der Waals surface area contributed by atoms with Gasteiger partial charge in [0.05, 0.1) is 19.3 Å². The molecule has 8 heteroatoms. The Morgan fingerprint density at radius 3 is 2.83 bits per heavy atom. The number of nitrogens with zero attached hydrogens (tertiary/aromatic N) is 4. The number of amides is 2. The number of benzene rings is 1. The molecule has 0 saturated carbocycles. The zero-order chi connectivity index (χ0) is 21.3. The van der Waals surface area contributed by atoms with Gasteiger partial charge >= 0.3 is 0 Å². The molecule has 0 atom stereocenters.